The van der Waals surface area contributed by atoms with E-state index in [1.165, 1.54) is 29.5 Å². The van der Waals surface area contributed by atoms with Crippen LogP contribution in [-0.4, -0.2) is 10.8 Å². The Morgan fingerprint density at radius 3 is 2.64 bits per heavy atom. The van der Waals surface area contributed by atoms with Crippen LogP contribution >= 0.6 is 11.3 Å². The van der Waals surface area contributed by atoms with E-state index in [1.54, 1.807) is 6.92 Å². The Hall–Kier alpha value is -2.72. The Morgan fingerprint density at radius 2 is 2.05 bits per heavy atom. The minimum atomic E-state index is -0.522. The SMILES string of the molecule is Cc1ccc(C(=O)Nc2sc(C)c(C)c2C#N)cc1[N+](=O)[O-]. The van der Waals surface area contributed by atoms with Crippen LogP contribution in [0.1, 0.15) is 31.9 Å². The van der Waals surface area contributed by atoms with Gasteiger partial charge < -0.3 is 5.32 Å². The van der Waals surface area contributed by atoms with Crippen molar-refractivity contribution in [1.29, 1.82) is 5.26 Å². The molecule has 0 atom stereocenters. The van der Waals surface area contributed by atoms with Crippen LogP contribution in [0.2, 0.25) is 0 Å². The zero-order chi connectivity index (χ0) is 16.4. The molecular formula is C15H13N3O3S. The van der Waals surface area contributed by atoms with Crippen molar-refractivity contribution in [2.75, 3.05) is 5.32 Å². The number of amides is 1. The number of anilines is 1. The number of nitriles is 1. The molecule has 2 aromatic rings. The molecular weight excluding hydrogens is 302 g/mol. The molecule has 0 aliphatic rings. The molecule has 6 nitrogen and oxygen atoms in total. The molecule has 0 spiro atoms. The summed E-state index contributed by atoms with van der Waals surface area (Å²) < 4.78 is 0. The van der Waals surface area contributed by atoms with Crippen LogP contribution in [-0.2, 0) is 0 Å². The van der Waals surface area contributed by atoms with Gasteiger partial charge in [-0.15, -0.1) is 11.3 Å². The third-order valence-electron chi connectivity index (χ3n) is 3.39. The van der Waals surface area contributed by atoms with Crippen LogP contribution in [0.3, 0.4) is 0 Å². The fourth-order valence-electron chi connectivity index (χ4n) is 1.97. The highest BCUT2D eigenvalue weighted by atomic mass is 32.1. The number of hydrogen-bond acceptors (Lipinski definition) is 5. The Balaban J connectivity index is 2.35. The van der Waals surface area contributed by atoms with Crippen LogP contribution in [0, 0.1) is 42.2 Å². The Labute approximate surface area is 131 Å². The highest BCUT2D eigenvalue weighted by molar-refractivity contribution is 7.16. The smallest absolute Gasteiger partial charge is 0.273 e. The molecule has 1 amide bonds. The summed E-state index contributed by atoms with van der Waals surface area (Å²) in [6, 6.07) is 6.36. The van der Waals surface area contributed by atoms with Crippen molar-refractivity contribution in [3.05, 3.63) is 55.4 Å². The van der Waals surface area contributed by atoms with Crippen LogP contribution in [0.25, 0.3) is 0 Å². The van der Waals surface area contributed by atoms with Gasteiger partial charge in [-0.25, -0.2) is 0 Å². The average molecular weight is 315 g/mol. The number of nitrogens with zero attached hydrogens (tertiary/aromatic N) is 2. The number of benzene rings is 1. The van der Waals surface area contributed by atoms with E-state index in [-0.39, 0.29) is 11.3 Å². The predicted molar refractivity (Wildman–Crippen MR) is 84.3 cm³/mol. The van der Waals surface area contributed by atoms with E-state index in [4.69, 9.17) is 5.26 Å². The maximum Gasteiger partial charge on any atom is 0.273 e. The predicted octanol–water partition coefficient (Wildman–Crippen LogP) is 3.71. The fourth-order valence-corrected chi connectivity index (χ4v) is 2.98. The molecule has 0 aliphatic heterocycles. The lowest BCUT2D eigenvalue weighted by atomic mass is 10.1. The van der Waals surface area contributed by atoms with Crippen molar-refractivity contribution in [2.24, 2.45) is 0 Å². The minimum Gasteiger partial charge on any atom is -0.312 e. The van der Waals surface area contributed by atoms with Gasteiger partial charge in [-0.05, 0) is 32.4 Å². The summed E-state index contributed by atoms with van der Waals surface area (Å²) in [7, 11) is 0. The van der Waals surface area contributed by atoms with E-state index in [0.29, 0.717) is 16.1 Å². The molecule has 0 fully saturated rings. The molecule has 0 aliphatic carbocycles. The van der Waals surface area contributed by atoms with E-state index in [2.05, 4.69) is 11.4 Å². The monoisotopic (exact) mass is 315 g/mol. The number of aryl methyl sites for hydroxylation is 2. The van der Waals surface area contributed by atoms with E-state index >= 15 is 0 Å². The van der Waals surface area contributed by atoms with Crippen molar-refractivity contribution < 1.29 is 9.72 Å². The molecule has 0 bridgehead atoms. The Bertz CT molecular complexity index is 818. The molecule has 112 valence electrons. The summed E-state index contributed by atoms with van der Waals surface area (Å²) >= 11 is 1.31. The van der Waals surface area contributed by atoms with E-state index in [0.717, 1.165) is 10.4 Å². The summed E-state index contributed by atoms with van der Waals surface area (Å²) in [6.07, 6.45) is 0. The third-order valence-corrected chi connectivity index (χ3v) is 4.51. The summed E-state index contributed by atoms with van der Waals surface area (Å²) in [4.78, 5) is 23.6. The van der Waals surface area contributed by atoms with E-state index in [9.17, 15) is 14.9 Å². The van der Waals surface area contributed by atoms with Gasteiger partial charge in [0.1, 0.15) is 11.1 Å². The van der Waals surface area contributed by atoms with Gasteiger partial charge in [0.25, 0.3) is 11.6 Å². The highest BCUT2D eigenvalue weighted by Crippen LogP contribution is 2.32. The lowest BCUT2D eigenvalue weighted by Crippen LogP contribution is -2.12. The molecule has 7 heteroatoms. The van der Waals surface area contributed by atoms with Gasteiger partial charge in [-0.3, -0.25) is 14.9 Å². The quantitative estimate of drug-likeness (QED) is 0.689. The number of thiophene rings is 1. The number of nitrogens with one attached hydrogen (secondary N) is 1. The van der Waals surface area contributed by atoms with E-state index < -0.39 is 10.8 Å². The van der Waals surface area contributed by atoms with Gasteiger partial charge in [0.05, 0.1) is 10.5 Å². The van der Waals surface area contributed by atoms with Crippen molar-refractivity contribution in [1.82, 2.24) is 0 Å². The zero-order valence-electron chi connectivity index (χ0n) is 12.3. The van der Waals surface area contributed by atoms with Crippen LogP contribution in [0.15, 0.2) is 18.2 Å². The fraction of sp³-hybridized carbons (Fsp3) is 0.200. The first kappa shape index (κ1) is 15.7. The molecule has 1 aromatic heterocycles. The van der Waals surface area contributed by atoms with E-state index in [1.807, 2.05) is 13.8 Å². The molecule has 1 aromatic carbocycles. The van der Waals surface area contributed by atoms with Crippen LogP contribution < -0.4 is 5.32 Å². The number of nitro groups is 1. The third kappa shape index (κ3) is 2.82. The Morgan fingerprint density at radius 1 is 1.36 bits per heavy atom. The number of nitro benzene ring substituents is 1. The number of carbonyl (C=O) groups is 1. The van der Waals surface area contributed by atoms with Crippen molar-refractivity contribution in [2.45, 2.75) is 20.8 Å². The minimum absolute atomic E-state index is 0.105. The average Bonchev–Trinajstić information content (AvgIpc) is 2.73. The van der Waals surface area contributed by atoms with Gasteiger partial charge in [-0.2, -0.15) is 5.26 Å². The normalized spacial score (nSPS) is 10.1. The maximum atomic E-state index is 12.3. The molecule has 2 rings (SSSR count). The second kappa shape index (κ2) is 5.95. The number of rotatable bonds is 3. The number of hydrogen-bond donors (Lipinski definition) is 1. The lowest BCUT2D eigenvalue weighted by Gasteiger charge is -2.04. The van der Waals surface area contributed by atoms with Gasteiger partial charge in [-0.1, -0.05) is 6.07 Å². The molecule has 0 radical (unpaired) electrons. The molecule has 0 unspecified atom stereocenters. The standard InChI is InChI=1S/C15H13N3O3S/c1-8-4-5-11(6-13(8)18(20)21)14(19)17-15-12(7-16)9(2)10(3)22-15/h4-6H,1-3H3,(H,17,19). The van der Waals surface area contributed by atoms with Crippen molar-refractivity contribution in [3.63, 3.8) is 0 Å². The maximum absolute atomic E-state index is 12.3. The van der Waals surface area contributed by atoms with Crippen LogP contribution in [0.4, 0.5) is 10.7 Å². The first-order chi connectivity index (χ1) is 10.3. The first-order valence-electron chi connectivity index (χ1n) is 6.41. The van der Waals surface area contributed by atoms with Crippen molar-refractivity contribution >= 4 is 27.9 Å². The van der Waals surface area contributed by atoms with Crippen molar-refractivity contribution in [3.8, 4) is 6.07 Å². The summed E-state index contributed by atoms with van der Waals surface area (Å²) in [5, 5.41) is 23.2. The van der Waals surface area contributed by atoms with Gasteiger partial charge >= 0.3 is 0 Å². The zero-order valence-corrected chi connectivity index (χ0v) is 13.1. The van der Waals surface area contributed by atoms with Gasteiger partial charge in [0, 0.05) is 22.1 Å². The topological polar surface area (TPSA) is 96.0 Å². The molecule has 0 saturated carbocycles. The summed E-state index contributed by atoms with van der Waals surface area (Å²) in [5.74, 6) is -0.471. The summed E-state index contributed by atoms with van der Waals surface area (Å²) in [5.41, 5.74) is 1.83. The van der Waals surface area contributed by atoms with Gasteiger partial charge in [0.2, 0.25) is 0 Å². The second-order valence-electron chi connectivity index (χ2n) is 4.81. The highest BCUT2D eigenvalue weighted by Gasteiger charge is 2.18. The first-order valence-corrected chi connectivity index (χ1v) is 7.23. The van der Waals surface area contributed by atoms with Gasteiger partial charge in [0.15, 0.2) is 0 Å². The Kier molecular flexibility index (Phi) is 4.24. The molecule has 1 heterocycles. The largest absolute Gasteiger partial charge is 0.312 e. The molecule has 0 saturated heterocycles. The molecule has 22 heavy (non-hydrogen) atoms. The van der Waals surface area contributed by atoms with Crippen LogP contribution in [0.5, 0.6) is 0 Å². The summed E-state index contributed by atoms with van der Waals surface area (Å²) in [6.45, 7) is 5.30. The lowest BCUT2D eigenvalue weighted by molar-refractivity contribution is -0.385. The number of carbonyl (C=O) groups excluding carboxylic acids is 1. The second-order valence-corrected chi connectivity index (χ2v) is 6.04. The molecule has 1 N–H and O–H groups in total.